The van der Waals surface area contributed by atoms with E-state index in [9.17, 15) is 0 Å². The molecule has 0 bridgehead atoms. The Labute approximate surface area is 190 Å². The van der Waals surface area contributed by atoms with Crippen molar-refractivity contribution >= 4 is 16.2 Å². The summed E-state index contributed by atoms with van der Waals surface area (Å²) in [5, 5.41) is 0. The fourth-order valence-corrected chi connectivity index (χ4v) is 0.917. The Hall–Kier alpha value is -0.682. The third-order valence-corrected chi connectivity index (χ3v) is 2.94. The minimum absolute atomic E-state index is 0. The van der Waals surface area contributed by atoms with Gasteiger partial charge in [-0.05, 0) is 27.7 Å². The number of hydrogen-bond acceptors (Lipinski definition) is 2. The Bertz CT molecular complexity index is 332. The first kappa shape index (κ1) is 56.2. The van der Waals surface area contributed by atoms with Crippen molar-refractivity contribution < 1.29 is 66.2 Å². The predicted molar refractivity (Wildman–Crippen MR) is 90.3 cm³/mol. The Morgan fingerprint density at radius 3 is 1.00 bits per heavy atom. The molecule has 1 rings (SSSR count). The number of hydrogen-bond donors (Lipinski definition) is 0. The van der Waals surface area contributed by atoms with Crippen LogP contribution in [0.5, 0.6) is 0 Å². The van der Waals surface area contributed by atoms with E-state index in [0.29, 0.717) is 12.1 Å². The third-order valence-electron chi connectivity index (χ3n) is 1.75. The van der Waals surface area contributed by atoms with Crippen LogP contribution in [0.4, 0.5) is 0 Å². The van der Waals surface area contributed by atoms with Gasteiger partial charge < -0.3 is 4.79 Å². The molecule has 0 aliphatic carbocycles. The van der Waals surface area contributed by atoms with E-state index >= 15 is 0 Å². The molecule has 27 heavy (non-hydrogen) atoms. The first-order chi connectivity index (χ1) is 12.1. The van der Waals surface area contributed by atoms with Crippen LogP contribution in [-0.2, 0) is 66.2 Å². The fourth-order valence-electron chi connectivity index (χ4n) is 0.917. The summed E-state index contributed by atoms with van der Waals surface area (Å²) < 4.78 is 39.8. The molecule has 1 aromatic carbocycles. The van der Waals surface area contributed by atoms with E-state index < -0.39 is 0 Å². The molecule has 0 spiro atoms. The summed E-state index contributed by atoms with van der Waals surface area (Å²) in [6.45, 7) is 34.5. The average Bonchev–Trinajstić information content (AvgIpc) is 3.30. The molecular formula is C17H22FeNO6PW-2. The maximum atomic E-state index is 7.75. The number of rotatable bonds is 2. The summed E-state index contributed by atoms with van der Waals surface area (Å²) in [7, 11) is 2.72. The van der Waals surface area contributed by atoms with E-state index in [1.807, 2.05) is 30.3 Å². The summed E-state index contributed by atoms with van der Waals surface area (Å²) in [6, 6.07) is 11.3. The fraction of sp³-hybridized carbons (Fsp3) is 0.353. The van der Waals surface area contributed by atoms with Crippen LogP contribution in [0.3, 0.4) is 0 Å². The van der Waals surface area contributed by atoms with Crippen LogP contribution < -0.4 is 0 Å². The Morgan fingerprint density at radius 2 is 0.963 bits per heavy atom. The van der Waals surface area contributed by atoms with Crippen LogP contribution in [0.2, 0.25) is 0 Å². The van der Waals surface area contributed by atoms with Gasteiger partial charge in [-0.25, -0.2) is 12.1 Å². The Balaban J connectivity index is -0.0000000215. The van der Waals surface area contributed by atoms with Crippen LogP contribution in [0, 0.1) is 33.3 Å². The maximum Gasteiger partial charge on any atom is 0 e. The standard InChI is InChI=1S/C6H16NP.C5H5.CHO.5CO.Fe.W/c1-5(2)7(8)6(3)4;1-2-4-5-3-1;6*1-2;;/h5-6H,8H2,1-4H3;1-5H;1H;;;;;;;/q;2*-1;;;;;;;. The molecule has 1 unspecified atom stereocenters. The van der Waals surface area contributed by atoms with Gasteiger partial charge >= 0.3 is 56.5 Å². The van der Waals surface area contributed by atoms with Crippen molar-refractivity contribution in [2.75, 3.05) is 0 Å². The average molecular weight is 607 g/mol. The second kappa shape index (κ2) is 84.4. The quantitative estimate of drug-likeness (QED) is 0.169. The first-order valence-corrected chi connectivity index (χ1v) is 6.52. The smallest absolute Gasteiger partial charge is 0 e. The molecule has 0 N–H and O–H groups in total. The van der Waals surface area contributed by atoms with Crippen molar-refractivity contribution in [1.29, 1.82) is 0 Å². The van der Waals surface area contributed by atoms with E-state index in [4.69, 9.17) is 28.1 Å². The molecule has 0 saturated carbocycles. The number of nitrogens with zero attached hydrogens (tertiary/aromatic N) is 1. The van der Waals surface area contributed by atoms with Gasteiger partial charge in [-0.3, -0.25) is 11.5 Å². The second-order valence-electron chi connectivity index (χ2n) is 3.60. The normalized spacial score (nSPS) is 5.56. The Morgan fingerprint density at radius 1 is 0.778 bits per heavy atom. The molecule has 0 aliphatic rings. The minimum atomic E-state index is 0. The number of carbonyl (C=O) groups excluding carboxylic acids is 1. The largest absolute Gasteiger partial charge is 0.545 e. The molecule has 0 heterocycles. The summed E-state index contributed by atoms with van der Waals surface area (Å²) >= 11 is 0. The molecular weight excluding hydrogens is 585 g/mol. The van der Waals surface area contributed by atoms with Gasteiger partial charge in [0.1, 0.15) is 0 Å². The van der Waals surface area contributed by atoms with E-state index in [2.05, 4.69) is 81.8 Å². The van der Waals surface area contributed by atoms with Gasteiger partial charge in [0.15, 0.2) is 0 Å². The molecule has 10 heteroatoms. The van der Waals surface area contributed by atoms with Gasteiger partial charge in [0.05, 0.1) is 0 Å². The molecule has 1 atom stereocenters. The van der Waals surface area contributed by atoms with Crippen molar-refractivity contribution in [2.24, 2.45) is 0 Å². The molecule has 0 aromatic heterocycles. The van der Waals surface area contributed by atoms with Gasteiger partial charge in [-0.2, -0.15) is 18.2 Å². The summed E-state index contributed by atoms with van der Waals surface area (Å²) in [6.07, 6.45) is 0. The molecule has 0 aliphatic heterocycles. The zero-order chi connectivity index (χ0) is 22.3. The zero-order valence-corrected chi connectivity index (χ0v) is 20.5. The second-order valence-corrected chi connectivity index (χ2v) is 4.19. The molecule has 0 amide bonds. The Kier molecular flexibility index (Phi) is 176. The van der Waals surface area contributed by atoms with Crippen LogP contribution >= 0.6 is 9.39 Å². The van der Waals surface area contributed by atoms with Crippen molar-refractivity contribution in [2.45, 2.75) is 39.8 Å². The van der Waals surface area contributed by atoms with E-state index in [1.165, 1.54) is 0 Å². The SMILES string of the molecule is CC(C)N(P)C(C)C.[C-]#[O+].[C-]#[O+].[C-]#[O+].[C-]#[O+].[C-]#[O+].[CH-]=O.[Fe].[W].c1cc[cH-]c1. The summed E-state index contributed by atoms with van der Waals surface area (Å²) in [5.74, 6) is 0. The third kappa shape index (κ3) is 90.7. The van der Waals surface area contributed by atoms with Gasteiger partial charge in [0.25, 0.3) is 0 Å². The van der Waals surface area contributed by atoms with Gasteiger partial charge in [0, 0.05) is 50.2 Å². The predicted octanol–water partition coefficient (Wildman–Crippen LogP) is 2.83. The van der Waals surface area contributed by atoms with Crippen LogP contribution in [0.25, 0.3) is 0 Å². The van der Waals surface area contributed by atoms with Crippen molar-refractivity contribution in [3.8, 4) is 0 Å². The summed E-state index contributed by atoms with van der Waals surface area (Å²) in [5.41, 5.74) is 0. The minimum Gasteiger partial charge on any atom is -0.545 e. The molecule has 152 valence electrons. The van der Waals surface area contributed by atoms with E-state index in [-0.39, 0.29) is 38.1 Å². The van der Waals surface area contributed by atoms with Crippen molar-refractivity contribution in [3.05, 3.63) is 63.6 Å². The molecule has 7 nitrogen and oxygen atoms in total. The van der Waals surface area contributed by atoms with Crippen LogP contribution in [-0.4, -0.2) is 23.5 Å². The van der Waals surface area contributed by atoms with E-state index in [0.717, 1.165) is 0 Å². The van der Waals surface area contributed by atoms with Gasteiger partial charge in [-0.1, -0.05) is 9.39 Å². The monoisotopic (exact) mass is 607 g/mol. The summed E-state index contributed by atoms with van der Waals surface area (Å²) in [4.78, 5) is 7.75. The van der Waals surface area contributed by atoms with E-state index in [1.54, 1.807) is 0 Å². The molecule has 0 fully saturated rings. The van der Waals surface area contributed by atoms with Crippen molar-refractivity contribution in [1.82, 2.24) is 4.67 Å². The van der Waals surface area contributed by atoms with Gasteiger partial charge in [-0.15, -0.1) is 0 Å². The first-order valence-electron chi connectivity index (χ1n) is 6.01. The zero-order valence-electron chi connectivity index (χ0n) is 15.4. The van der Waals surface area contributed by atoms with Gasteiger partial charge in [0.2, 0.25) is 0 Å². The molecule has 0 radical (unpaired) electrons. The molecule has 1 aromatic rings. The maximum absolute atomic E-state index is 7.75. The topological polar surface area (TPSA) is 120 Å². The van der Waals surface area contributed by atoms with Crippen LogP contribution in [0.1, 0.15) is 27.7 Å². The van der Waals surface area contributed by atoms with Crippen LogP contribution in [0.15, 0.2) is 30.3 Å². The molecule has 0 saturated heterocycles. The van der Waals surface area contributed by atoms with Crippen molar-refractivity contribution in [3.63, 3.8) is 0 Å².